The molecule has 0 aliphatic heterocycles. The van der Waals surface area contributed by atoms with E-state index in [-0.39, 0.29) is 17.9 Å². The van der Waals surface area contributed by atoms with Crippen molar-refractivity contribution in [1.82, 2.24) is 0 Å². The molecule has 0 radical (unpaired) electrons. The maximum Gasteiger partial charge on any atom is 0.397 e. The van der Waals surface area contributed by atoms with Crippen LogP contribution in [0.2, 0.25) is 0 Å². The van der Waals surface area contributed by atoms with Crippen molar-refractivity contribution < 1.29 is 34.3 Å². The number of rotatable bonds is 10. The smallest absolute Gasteiger partial charge is 0.264 e. The highest BCUT2D eigenvalue weighted by atomic mass is 32.3. The maximum atomic E-state index is 11.3. The fourth-order valence-electron chi connectivity index (χ4n) is 9.13. The Morgan fingerprint density at radius 1 is 0.973 bits per heavy atom. The van der Waals surface area contributed by atoms with Gasteiger partial charge in [0.05, 0.1) is 12.7 Å². The minimum absolute atomic E-state index is 0.0243. The van der Waals surface area contributed by atoms with Crippen LogP contribution in [0.25, 0.3) is 0 Å². The molecule has 0 spiro atoms. The highest BCUT2D eigenvalue weighted by Gasteiger charge is 2.59. The third-order valence-electron chi connectivity index (χ3n) is 10.9. The van der Waals surface area contributed by atoms with Gasteiger partial charge in [0.25, 0.3) is 0 Å². The fraction of sp³-hybridized carbons (Fsp3) is 0.926. The molecule has 4 rings (SSSR count). The number of allylic oxidation sites excluding steroid dienone is 1. The van der Waals surface area contributed by atoms with Crippen molar-refractivity contribution in [3.05, 3.63) is 11.6 Å². The lowest BCUT2D eigenvalue weighted by Gasteiger charge is -2.58. The van der Waals surface area contributed by atoms with Crippen molar-refractivity contribution >= 4 is 20.8 Å². The molecular formula is C27H46O8S2. The van der Waals surface area contributed by atoms with Gasteiger partial charge in [0.15, 0.2) is 0 Å². The Balaban J connectivity index is 1.37. The number of hydrogen-bond donors (Lipinski definition) is 2. The second-order valence-electron chi connectivity index (χ2n) is 13.1. The van der Waals surface area contributed by atoms with E-state index in [1.807, 2.05) is 6.92 Å². The molecule has 0 aromatic rings. The summed E-state index contributed by atoms with van der Waals surface area (Å²) in [5.41, 5.74) is 1.76. The van der Waals surface area contributed by atoms with Crippen molar-refractivity contribution in [3.8, 4) is 0 Å². The monoisotopic (exact) mass is 562 g/mol. The summed E-state index contributed by atoms with van der Waals surface area (Å²) in [5, 5.41) is 0. The third kappa shape index (κ3) is 6.46. The lowest BCUT2D eigenvalue weighted by atomic mass is 9.47. The Morgan fingerprint density at radius 3 is 2.38 bits per heavy atom. The van der Waals surface area contributed by atoms with Gasteiger partial charge in [0, 0.05) is 0 Å². The molecule has 0 amide bonds. The Morgan fingerprint density at radius 2 is 1.70 bits per heavy atom. The second kappa shape index (κ2) is 10.8. The van der Waals surface area contributed by atoms with E-state index >= 15 is 0 Å². The standard InChI is InChI=1S/C27H46O8S2/c1-18(17-34-36(28,29)30)6-5-7-19(2)23-10-11-24-22-9-8-20-16-21(35-37(31,32)33)12-14-26(20,3)25(22)13-15-27(23,24)4/h8,18-19,21-25H,5-7,9-17H2,1-4H3,(H,28,29,30)(H,31,32,33)/t18?,19-,21+,22+,23?,24+,25+,26+,27-/m1/s1. The maximum absolute atomic E-state index is 11.3. The molecule has 4 aliphatic carbocycles. The topological polar surface area (TPSA) is 127 Å². The van der Waals surface area contributed by atoms with Crippen molar-refractivity contribution in [1.29, 1.82) is 0 Å². The molecule has 2 unspecified atom stereocenters. The Hall–Kier alpha value is -0.520. The first-order chi connectivity index (χ1) is 17.1. The zero-order chi connectivity index (χ0) is 27.2. The molecule has 0 bridgehead atoms. The van der Waals surface area contributed by atoms with Crippen molar-refractivity contribution in [2.75, 3.05) is 6.61 Å². The predicted octanol–water partition coefficient (Wildman–Crippen LogP) is 6.02. The van der Waals surface area contributed by atoms with Crippen LogP contribution in [0, 0.1) is 46.3 Å². The summed E-state index contributed by atoms with van der Waals surface area (Å²) in [5.74, 6) is 3.39. The van der Waals surface area contributed by atoms with Crippen LogP contribution < -0.4 is 0 Å². The minimum Gasteiger partial charge on any atom is -0.264 e. The molecule has 8 nitrogen and oxygen atoms in total. The summed E-state index contributed by atoms with van der Waals surface area (Å²) in [7, 11) is -8.80. The minimum atomic E-state index is -4.43. The average molecular weight is 563 g/mol. The molecule has 214 valence electrons. The summed E-state index contributed by atoms with van der Waals surface area (Å²) >= 11 is 0. The summed E-state index contributed by atoms with van der Waals surface area (Å²) in [6.07, 6.45) is 13.1. The fourth-order valence-corrected chi connectivity index (χ4v) is 10.0. The molecule has 0 aromatic heterocycles. The molecule has 0 aromatic carbocycles. The van der Waals surface area contributed by atoms with Gasteiger partial charge in [-0.25, -0.2) is 8.37 Å². The Bertz CT molecular complexity index is 1070. The molecule has 3 fully saturated rings. The molecular weight excluding hydrogens is 516 g/mol. The van der Waals surface area contributed by atoms with Gasteiger partial charge in [0.1, 0.15) is 0 Å². The molecule has 9 atom stereocenters. The molecule has 37 heavy (non-hydrogen) atoms. The van der Waals surface area contributed by atoms with Gasteiger partial charge >= 0.3 is 20.8 Å². The Labute approximate surface area is 223 Å². The lowest BCUT2D eigenvalue weighted by Crippen LogP contribution is -2.51. The zero-order valence-electron chi connectivity index (χ0n) is 22.8. The van der Waals surface area contributed by atoms with E-state index in [1.165, 1.54) is 31.3 Å². The van der Waals surface area contributed by atoms with Crippen LogP contribution in [0.4, 0.5) is 0 Å². The van der Waals surface area contributed by atoms with E-state index in [0.29, 0.717) is 47.8 Å². The number of fused-ring (bicyclic) bond motifs is 5. The van der Waals surface area contributed by atoms with Gasteiger partial charge in [-0.15, -0.1) is 0 Å². The van der Waals surface area contributed by atoms with Crippen LogP contribution in [-0.2, 0) is 29.2 Å². The third-order valence-corrected chi connectivity index (χ3v) is 11.9. The molecule has 2 N–H and O–H groups in total. The van der Waals surface area contributed by atoms with Crippen molar-refractivity contribution in [2.24, 2.45) is 46.3 Å². The first-order valence-electron chi connectivity index (χ1n) is 14.1. The lowest BCUT2D eigenvalue weighted by molar-refractivity contribution is -0.0560. The first-order valence-corrected chi connectivity index (χ1v) is 16.8. The highest BCUT2D eigenvalue weighted by Crippen LogP contribution is 2.67. The van der Waals surface area contributed by atoms with Crippen LogP contribution in [0.1, 0.15) is 98.3 Å². The first kappa shape index (κ1) is 29.5. The molecule has 0 saturated heterocycles. The SMILES string of the molecule is CC(CCC[C@@H](C)C1CC[C@H]2[C@@H]3CC=C4C[C@@H](OS(=O)(=O)O)CC[C@]4(C)[C@H]3CC[C@]12C)COS(=O)(=O)O. The van der Waals surface area contributed by atoms with Gasteiger partial charge < -0.3 is 0 Å². The van der Waals surface area contributed by atoms with Crippen LogP contribution in [-0.4, -0.2) is 38.7 Å². The van der Waals surface area contributed by atoms with Crippen molar-refractivity contribution in [2.45, 2.75) is 104 Å². The molecule has 10 heteroatoms. The van der Waals surface area contributed by atoms with Gasteiger partial charge in [0.2, 0.25) is 0 Å². The van der Waals surface area contributed by atoms with E-state index in [9.17, 15) is 16.8 Å². The largest absolute Gasteiger partial charge is 0.397 e. The van der Waals surface area contributed by atoms with Gasteiger partial charge in [-0.1, -0.05) is 52.2 Å². The number of hydrogen-bond acceptors (Lipinski definition) is 6. The van der Waals surface area contributed by atoms with E-state index in [1.54, 1.807) is 0 Å². The summed E-state index contributed by atoms with van der Waals surface area (Å²) in [6, 6.07) is 0. The predicted molar refractivity (Wildman–Crippen MR) is 141 cm³/mol. The van der Waals surface area contributed by atoms with Gasteiger partial charge in [-0.2, -0.15) is 16.8 Å². The van der Waals surface area contributed by atoms with Crippen molar-refractivity contribution in [3.63, 3.8) is 0 Å². The summed E-state index contributed by atoms with van der Waals surface area (Å²) in [4.78, 5) is 0. The zero-order valence-corrected chi connectivity index (χ0v) is 24.4. The quantitative estimate of drug-likeness (QED) is 0.245. The van der Waals surface area contributed by atoms with Crippen LogP contribution in [0.5, 0.6) is 0 Å². The molecule has 4 aliphatic rings. The Kier molecular flexibility index (Phi) is 8.60. The summed E-state index contributed by atoms with van der Waals surface area (Å²) in [6.45, 7) is 9.28. The van der Waals surface area contributed by atoms with E-state index < -0.39 is 26.9 Å². The van der Waals surface area contributed by atoms with Crippen LogP contribution in [0.3, 0.4) is 0 Å². The average Bonchev–Trinajstić information content (AvgIpc) is 3.14. The van der Waals surface area contributed by atoms with Crippen LogP contribution >= 0.6 is 0 Å². The molecule has 3 saturated carbocycles. The molecule has 0 heterocycles. The highest BCUT2D eigenvalue weighted by molar-refractivity contribution is 7.81. The van der Waals surface area contributed by atoms with Crippen LogP contribution in [0.15, 0.2) is 11.6 Å². The van der Waals surface area contributed by atoms with E-state index in [4.69, 9.17) is 13.3 Å². The van der Waals surface area contributed by atoms with Gasteiger partial charge in [-0.3, -0.25) is 9.11 Å². The van der Waals surface area contributed by atoms with E-state index in [2.05, 4.69) is 31.0 Å². The normalized spacial score (nSPS) is 39.7. The van der Waals surface area contributed by atoms with Gasteiger partial charge in [-0.05, 0) is 104 Å². The summed E-state index contributed by atoms with van der Waals surface area (Å²) < 4.78 is 71.6. The second-order valence-corrected chi connectivity index (χ2v) is 15.2. The van der Waals surface area contributed by atoms with E-state index in [0.717, 1.165) is 32.1 Å².